The standard InChI is InChI=1S/C14H20N2O3/c1-10(2)8-12(14(18)19-3)16-13(17)9-11-4-6-15-7-5-11/h4-7,10,12H,8-9H2,1-3H3,(H,16,17). The zero-order chi connectivity index (χ0) is 14.3. The van der Waals surface area contributed by atoms with Crippen LogP contribution in [-0.4, -0.2) is 30.0 Å². The number of hydrogen-bond donors (Lipinski definition) is 1. The molecule has 0 bridgehead atoms. The van der Waals surface area contributed by atoms with Gasteiger partial charge in [0.2, 0.25) is 5.91 Å². The maximum atomic E-state index is 11.9. The van der Waals surface area contributed by atoms with Gasteiger partial charge in [-0.25, -0.2) is 4.79 Å². The topological polar surface area (TPSA) is 68.3 Å². The zero-order valence-electron chi connectivity index (χ0n) is 11.6. The summed E-state index contributed by atoms with van der Waals surface area (Å²) in [6.07, 6.45) is 4.06. The molecule has 5 heteroatoms. The summed E-state index contributed by atoms with van der Waals surface area (Å²) in [4.78, 5) is 27.4. The number of hydrogen-bond acceptors (Lipinski definition) is 4. The molecule has 0 aliphatic rings. The first kappa shape index (κ1) is 15.1. The van der Waals surface area contributed by atoms with Crippen molar-refractivity contribution in [2.24, 2.45) is 5.92 Å². The van der Waals surface area contributed by atoms with Gasteiger partial charge in [-0.05, 0) is 30.0 Å². The Bertz CT molecular complexity index is 418. The van der Waals surface area contributed by atoms with Gasteiger partial charge in [-0.3, -0.25) is 9.78 Å². The number of rotatable bonds is 6. The van der Waals surface area contributed by atoms with Gasteiger partial charge in [0, 0.05) is 12.4 Å². The molecule has 1 unspecified atom stereocenters. The summed E-state index contributed by atoms with van der Waals surface area (Å²) in [6.45, 7) is 3.98. The van der Waals surface area contributed by atoms with Gasteiger partial charge in [-0.15, -0.1) is 0 Å². The fourth-order valence-electron chi connectivity index (χ4n) is 1.76. The normalized spacial score (nSPS) is 12.0. The number of amides is 1. The van der Waals surface area contributed by atoms with E-state index >= 15 is 0 Å². The van der Waals surface area contributed by atoms with Gasteiger partial charge < -0.3 is 10.1 Å². The molecule has 1 amide bonds. The van der Waals surface area contributed by atoms with E-state index in [2.05, 4.69) is 10.3 Å². The van der Waals surface area contributed by atoms with Crippen LogP contribution in [0.1, 0.15) is 25.8 Å². The van der Waals surface area contributed by atoms with Crippen LogP contribution in [0.25, 0.3) is 0 Å². The predicted molar refractivity (Wildman–Crippen MR) is 71.3 cm³/mol. The van der Waals surface area contributed by atoms with E-state index in [1.54, 1.807) is 24.5 Å². The summed E-state index contributed by atoms with van der Waals surface area (Å²) in [5, 5.41) is 2.71. The average Bonchev–Trinajstić information content (AvgIpc) is 2.37. The van der Waals surface area contributed by atoms with Gasteiger partial charge >= 0.3 is 5.97 Å². The first-order chi connectivity index (χ1) is 9.02. The van der Waals surface area contributed by atoms with E-state index in [0.29, 0.717) is 12.3 Å². The van der Waals surface area contributed by atoms with Crippen LogP contribution in [-0.2, 0) is 20.7 Å². The third-order valence-corrected chi connectivity index (χ3v) is 2.64. The third kappa shape index (κ3) is 5.50. The van der Waals surface area contributed by atoms with Crippen LogP contribution in [0, 0.1) is 5.92 Å². The van der Waals surface area contributed by atoms with Gasteiger partial charge in [0.1, 0.15) is 6.04 Å². The molecule has 1 N–H and O–H groups in total. The number of carbonyl (C=O) groups is 2. The van der Waals surface area contributed by atoms with Crippen LogP contribution in [0.2, 0.25) is 0 Å². The van der Waals surface area contributed by atoms with Gasteiger partial charge in [-0.2, -0.15) is 0 Å². The summed E-state index contributed by atoms with van der Waals surface area (Å²) in [6, 6.07) is 2.96. The first-order valence-electron chi connectivity index (χ1n) is 6.29. The van der Waals surface area contributed by atoms with Crippen LogP contribution >= 0.6 is 0 Å². The maximum absolute atomic E-state index is 11.9. The lowest BCUT2D eigenvalue weighted by atomic mass is 10.0. The van der Waals surface area contributed by atoms with E-state index < -0.39 is 12.0 Å². The molecule has 0 radical (unpaired) electrons. The van der Waals surface area contributed by atoms with Gasteiger partial charge in [0.25, 0.3) is 0 Å². The van der Waals surface area contributed by atoms with E-state index in [9.17, 15) is 9.59 Å². The molecule has 1 rings (SSSR count). The lowest BCUT2D eigenvalue weighted by Gasteiger charge is -2.18. The van der Waals surface area contributed by atoms with E-state index in [0.717, 1.165) is 5.56 Å². The molecule has 5 nitrogen and oxygen atoms in total. The Labute approximate surface area is 113 Å². The Hall–Kier alpha value is -1.91. The SMILES string of the molecule is COC(=O)C(CC(C)C)NC(=O)Cc1ccncc1. The Kier molecular flexibility index (Phi) is 5.99. The minimum atomic E-state index is -0.584. The molecule has 0 aromatic carbocycles. The smallest absolute Gasteiger partial charge is 0.328 e. The second-order valence-electron chi connectivity index (χ2n) is 4.81. The number of pyridine rings is 1. The van der Waals surface area contributed by atoms with Crippen LogP contribution in [0.5, 0.6) is 0 Å². The van der Waals surface area contributed by atoms with Crippen LogP contribution in [0.4, 0.5) is 0 Å². The number of methoxy groups -OCH3 is 1. The van der Waals surface area contributed by atoms with Crippen molar-refractivity contribution in [2.45, 2.75) is 32.7 Å². The number of aromatic nitrogens is 1. The van der Waals surface area contributed by atoms with Crippen molar-refractivity contribution >= 4 is 11.9 Å². The van der Waals surface area contributed by atoms with Gasteiger partial charge in [0.05, 0.1) is 13.5 Å². The molecule has 19 heavy (non-hydrogen) atoms. The number of ether oxygens (including phenoxy) is 1. The Balaban J connectivity index is 2.58. The lowest BCUT2D eigenvalue weighted by molar-refractivity contribution is -0.145. The highest BCUT2D eigenvalue weighted by molar-refractivity contribution is 5.85. The van der Waals surface area contributed by atoms with Crippen molar-refractivity contribution in [3.63, 3.8) is 0 Å². The molecular formula is C14H20N2O3. The minimum Gasteiger partial charge on any atom is -0.467 e. The van der Waals surface area contributed by atoms with Crippen molar-refractivity contribution in [2.75, 3.05) is 7.11 Å². The Morgan fingerprint density at radius 3 is 2.47 bits per heavy atom. The maximum Gasteiger partial charge on any atom is 0.328 e. The molecule has 0 fully saturated rings. The summed E-state index contributed by atoms with van der Waals surface area (Å²) in [5.41, 5.74) is 0.862. The number of nitrogens with one attached hydrogen (secondary N) is 1. The molecule has 1 aromatic heterocycles. The average molecular weight is 264 g/mol. The highest BCUT2D eigenvalue weighted by atomic mass is 16.5. The molecule has 1 aromatic rings. The van der Waals surface area contributed by atoms with E-state index in [4.69, 9.17) is 4.74 Å². The van der Waals surface area contributed by atoms with Crippen LogP contribution in [0.15, 0.2) is 24.5 Å². The number of esters is 1. The predicted octanol–water partition coefficient (Wildman–Crippen LogP) is 1.33. The van der Waals surface area contributed by atoms with Crippen molar-refractivity contribution in [3.8, 4) is 0 Å². The van der Waals surface area contributed by atoms with Crippen LogP contribution < -0.4 is 5.32 Å². The second kappa shape index (κ2) is 7.51. The molecule has 1 atom stereocenters. The Morgan fingerprint density at radius 2 is 1.95 bits per heavy atom. The zero-order valence-corrected chi connectivity index (χ0v) is 11.6. The molecule has 0 aliphatic carbocycles. The Morgan fingerprint density at radius 1 is 1.32 bits per heavy atom. The molecule has 0 saturated heterocycles. The summed E-state index contributed by atoms with van der Waals surface area (Å²) < 4.78 is 4.70. The van der Waals surface area contributed by atoms with Gasteiger partial charge in [0.15, 0.2) is 0 Å². The quantitative estimate of drug-likeness (QED) is 0.787. The molecular weight excluding hydrogens is 244 g/mol. The van der Waals surface area contributed by atoms with E-state index in [-0.39, 0.29) is 12.3 Å². The summed E-state index contributed by atoms with van der Waals surface area (Å²) in [7, 11) is 1.32. The summed E-state index contributed by atoms with van der Waals surface area (Å²) >= 11 is 0. The van der Waals surface area contributed by atoms with Crippen molar-refractivity contribution < 1.29 is 14.3 Å². The fourth-order valence-corrected chi connectivity index (χ4v) is 1.76. The monoisotopic (exact) mass is 264 g/mol. The van der Waals surface area contributed by atoms with Gasteiger partial charge in [-0.1, -0.05) is 13.8 Å². The summed E-state index contributed by atoms with van der Waals surface area (Å²) in [5.74, 6) is -0.302. The molecule has 0 spiro atoms. The molecule has 104 valence electrons. The highest BCUT2D eigenvalue weighted by Gasteiger charge is 2.22. The van der Waals surface area contributed by atoms with E-state index in [1.165, 1.54) is 7.11 Å². The highest BCUT2D eigenvalue weighted by Crippen LogP contribution is 2.07. The second-order valence-corrected chi connectivity index (χ2v) is 4.81. The molecule has 0 saturated carbocycles. The first-order valence-corrected chi connectivity index (χ1v) is 6.29. The number of carbonyl (C=O) groups excluding carboxylic acids is 2. The lowest BCUT2D eigenvalue weighted by Crippen LogP contribution is -2.43. The third-order valence-electron chi connectivity index (χ3n) is 2.64. The molecule has 0 aliphatic heterocycles. The molecule has 1 heterocycles. The van der Waals surface area contributed by atoms with E-state index in [1.807, 2.05) is 13.8 Å². The minimum absolute atomic E-state index is 0.192. The fraction of sp³-hybridized carbons (Fsp3) is 0.500. The van der Waals surface area contributed by atoms with Crippen LogP contribution in [0.3, 0.4) is 0 Å². The number of nitrogens with zero attached hydrogens (tertiary/aromatic N) is 1. The largest absolute Gasteiger partial charge is 0.467 e. The van der Waals surface area contributed by atoms with Crippen molar-refractivity contribution in [1.82, 2.24) is 10.3 Å². The van der Waals surface area contributed by atoms with Crippen molar-refractivity contribution in [3.05, 3.63) is 30.1 Å². The van der Waals surface area contributed by atoms with Crippen molar-refractivity contribution in [1.29, 1.82) is 0 Å².